The van der Waals surface area contributed by atoms with Crippen LogP contribution in [0.25, 0.3) is 0 Å². The molecule has 0 radical (unpaired) electrons. The highest BCUT2D eigenvalue weighted by Gasteiger charge is 2.04. The molecule has 0 N–H and O–H groups in total. The van der Waals surface area contributed by atoms with Crippen molar-refractivity contribution in [2.75, 3.05) is 0 Å². The van der Waals surface area contributed by atoms with Crippen molar-refractivity contribution in [2.24, 2.45) is 0 Å². The maximum absolute atomic E-state index is 13.2. The van der Waals surface area contributed by atoms with Crippen LogP contribution in [0.2, 0.25) is 0 Å². The topological polar surface area (TPSA) is 23.8 Å². The quantitative estimate of drug-likeness (QED) is 0.761. The minimum Gasteiger partial charge on any atom is -0.206 e. The Balaban J connectivity index is 2.13. The largest absolute Gasteiger partial charge is 0.206 e. The number of nitriles is 1. The van der Waals surface area contributed by atoms with Crippen LogP contribution in [0.1, 0.15) is 22.3 Å². The lowest BCUT2D eigenvalue weighted by molar-refractivity contribution is 0.623. The molecule has 2 aromatic rings. The highest BCUT2D eigenvalue weighted by atomic mass is 32.2. The van der Waals surface area contributed by atoms with E-state index in [1.54, 1.807) is 23.9 Å². The average molecular weight is 271 g/mol. The summed E-state index contributed by atoms with van der Waals surface area (Å²) in [6.07, 6.45) is 0. The maximum Gasteiger partial charge on any atom is 0.140 e. The third-order valence-corrected chi connectivity index (χ3v) is 4.12. The molecule has 0 unspecified atom stereocenters. The second-order valence-electron chi connectivity index (χ2n) is 4.48. The fourth-order valence-corrected chi connectivity index (χ4v) is 2.82. The van der Waals surface area contributed by atoms with Crippen LogP contribution in [-0.4, -0.2) is 0 Å². The monoisotopic (exact) mass is 271 g/mol. The highest BCUT2D eigenvalue weighted by molar-refractivity contribution is 7.98. The minimum atomic E-state index is -0.456. The Morgan fingerprint density at radius 2 is 1.95 bits per heavy atom. The van der Waals surface area contributed by atoms with Crippen LogP contribution < -0.4 is 0 Å². The standard InChI is InChI=1S/C16H14FNS/c1-11-3-6-16(12(2)7-11)19-10-13-4-5-15(17)14(8-13)9-18/h3-8H,10H2,1-2H3. The molecule has 96 valence electrons. The summed E-state index contributed by atoms with van der Waals surface area (Å²) >= 11 is 1.70. The summed E-state index contributed by atoms with van der Waals surface area (Å²) in [5, 5.41) is 8.81. The summed E-state index contributed by atoms with van der Waals surface area (Å²) < 4.78 is 13.2. The average Bonchev–Trinajstić information content (AvgIpc) is 2.39. The fraction of sp³-hybridized carbons (Fsp3) is 0.188. The molecular formula is C16H14FNS. The first-order valence-electron chi connectivity index (χ1n) is 5.99. The first-order chi connectivity index (χ1) is 9.10. The Labute approximate surface area is 117 Å². The molecule has 0 heterocycles. The Morgan fingerprint density at radius 1 is 1.16 bits per heavy atom. The zero-order valence-electron chi connectivity index (χ0n) is 10.9. The molecule has 0 saturated heterocycles. The van der Waals surface area contributed by atoms with Crippen LogP contribution >= 0.6 is 11.8 Å². The molecule has 1 nitrogen and oxygen atoms in total. The molecule has 0 aromatic heterocycles. The van der Waals surface area contributed by atoms with Gasteiger partial charge in [-0.2, -0.15) is 5.26 Å². The highest BCUT2D eigenvalue weighted by Crippen LogP contribution is 2.27. The predicted octanol–water partition coefficient (Wildman–Crippen LogP) is 4.61. The van der Waals surface area contributed by atoms with Gasteiger partial charge in [-0.25, -0.2) is 4.39 Å². The molecule has 0 aliphatic heterocycles. The van der Waals surface area contributed by atoms with Crippen LogP contribution in [0.15, 0.2) is 41.3 Å². The van der Waals surface area contributed by atoms with Gasteiger partial charge >= 0.3 is 0 Å². The van der Waals surface area contributed by atoms with E-state index in [0.717, 1.165) is 11.3 Å². The summed E-state index contributed by atoms with van der Waals surface area (Å²) in [4.78, 5) is 1.22. The number of aryl methyl sites for hydroxylation is 2. The molecule has 3 heteroatoms. The van der Waals surface area contributed by atoms with Gasteiger partial charge in [0.1, 0.15) is 11.9 Å². The van der Waals surface area contributed by atoms with E-state index in [2.05, 4.69) is 32.0 Å². The van der Waals surface area contributed by atoms with E-state index in [0.29, 0.717) is 0 Å². The van der Waals surface area contributed by atoms with Crippen molar-refractivity contribution in [2.45, 2.75) is 24.5 Å². The van der Waals surface area contributed by atoms with Gasteiger partial charge in [-0.05, 0) is 43.2 Å². The molecule has 2 rings (SSSR count). The van der Waals surface area contributed by atoms with Crippen LogP contribution in [-0.2, 0) is 5.75 Å². The molecule has 0 bridgehead atoms. The molecule has 19 heavy (non-hydrogen) atoms. The summed E-state index contributed by atoms with van der Waals surface area (Å²) in [7, 11) is 0. The van der Waals surface area contributed by atoms with Gasteiger partial charge in [0, 0.05) is 10.6 Å². The number of hydrogen-bond donors (Lipinski definition) is 0. The summed E-state index contributed by atoms with van der Waals surface area (Å²) in [5.41, 5.74) is 3.56. The van der Waals surface area contributed by atoms with E-state index in [-0.39, 0.29) is 5.56 Å². The molecular weight excluding hydrogens is 257 g/mol. The zero-order chi connectivity index (χ0) is 13.8. The second-order valence-corrected chi connectivity index (χ2v) is 5.50. The van der Waals surface area contributed by atoms with Crippen molar-refractivity contribution < 1.29 is 4.39 Å². The van der Waals surface area contributed by atoms with Gasteiger partial charge in [-0.3, -0.25) is 0 Å². The zero-order valence-corrected chi connectivity index (χ0v) is 11.7. The summed E-state index contributed by atoms with van der Waals surface area (Å²) in [6, 6.07) is 12.9. The number of rotatable bonds is 3. The molecule has 0 atom stereocenters. The van der Waals surface area contributed by atoms with Gasteiger partial charge in [0.25, 0.3) is 0 Å². The molecule has 0 fully saturated rings. The van der Waals surface area contributed by atoms with E-state index in [4.69, 9.17) is 5.26 Å². The first kappa shape index (κ1) is 13.6. The lowest BCUT2D eigenvalue weighted by Gasteiger charge is -2.07. The van der Waals surface area contributed by atoms with E-state index in [1.165, 1.54) is 22.1 Å². The van der Waals surface area contributed by atoms with Crippen molar-refractivity contribution in [1.29, 1.82) is 5.26 Å². The molecule has 0 saturated carbocycles. The van der Waals surface area contributed by atoms with Gasteiger partial charge in [-0.15, -0.1) is 11.8 Å². The van der Waals surface area contributed by atoms with Crippen molar-refractivity contribution in [3.8, 4) is 6.07 Å². The van der Waals surface area contributed by atoms with E-state index in [1.807, 2.05) is 6.07 Å². The predicted molar refractivity (Wildman–Crippen MR) is 76.6 cm³/mol. The first-order valence-corrected chi connectivity index (χ1v) is 6.97. The molecule has 2 aromatic carbocycles. The number of halogens is 1. The number of benzene rings is 2. The lowest BCUT2D eigenvalue weighted by atomic mass is 10.1. The number of hydrogen-bond acceptors (Lipinski definition) is 2. The molecule has 0 aliphatic carbocycles. The van der Waals surface area contributed by atoms with Crippen molar-refractivity contribution in [1.82, 2.24) is 0 Å². The molecule has 0 amide bonds. The van der Waals surface area contributed by atoms with Crippen LogP contribution in [0.3, 0.4) is 0 Å². The molecule has 0 spiro atoms. The Kier molecular flexibility index (Phi) is 4.24. The van der Waals surface area contributed by atoms with Gasteiger partial charge < -0.3 is 0 Å². The number of thioether (sulfide) groups is 1. The maximum atomic E-state index is 13.2. The van der Waals surface area contributed by atoms with E-state index >= 15 is 0 Å². The normalized spacial score (nSPS) is 10.2. The van der Waals surface area contributed by atoms with E-state index in [9.17, 15) is 4.39 Å². The fourth-order valence-electron chi connectivity index (χ4n) is 1.87. The summed E-state index contributed by atoms with van der Waals surface area (Å²) in [5.74, 6) is 0.279. The second kappa shape index (κ2) is 5.90. The van der Waals surface area contributed by atoms with Crippen molar-refractivity contribution in [3.63, 3.8) is 0 Å². The Bertz CT molecular complexity index is 644. The van der Waals surface area contributed by atoms with Gasteiger partial charge in [0.15, 0.2) is 0 Å². The Hall–Kier alpha value is -1.79. The summed E-state index contributed by atoms with van der Waals surface area (Å²) in [6.45, 7) is 4.15. The van der Waals surface area contributed by atoms with Crippen LogP contribution in [0.4, 0.5) is 4.39 Å². The Morgan fingerprint density at radius 3 is 2.63 bits per heavy atom. The molecule has 0 aliphatic rings. The van der Waals surface area contributed by atoms with E-state index < -0.39 is 5.82 Å². The van der Waals surface area contributed by atoms with Gasteiger partial charge in [0.05, 0.1) is 5.56 Å². The number of nitrogens with zero attached hydrogens (tertiary/aromatic N) is 1. The minimum absolute atomic E-state index is 0.110. The smallest absolute Gasteiger partial charge is 0.140 e. The van der Waals surface area contributed by atoms with Crippen molar-refractivity contribution in [3.05, 3.63) is 64.5 Å². The SMILES string of the molecule is Cc1ccc(SCc2ccc(F)c(C#N)c2)c(C)c1. The lowest BCUT2D eigenvalue weighted by Crippen LogP contribution is -1.88. The van der Waals surface area contributed by atoms with Crippen LogP contribution in [0, 0.1) is 31.0 Å². The third-order valence-electron chi connectivity index (χ3n) is 2.88. The van der Waals surface area contributed by atoms with Crippen molar-refractivity contribution >= 4 is 11.8 Å². The van der Waals surface area contributed by atoms with Gasteiger partial charge in [0.2, 0.25) is 0 Å². The van der Waals surface area contributed by atoms with Crippen LogP contribution in [0.5, 0.6) is 0 Å². The third kappa shape index (κ3) is 3.36. The van der Waals surface area contributed by atoms with Gasteiger partial charge in [-0.1, -0.05) is 23.8 Å².